The van der Waals surface area contributed by atoms with E-state index in [1.807, 2.05) is 37.8 Å². The molecule has 0 spiro atoms. The van der Waals surface area contributed by atoms with Gasteiger partial charge in [-0.15, -0.1) is 0 Å². The summed E-state index contributed by atoms with van der Waals surface area (Å²) in [6, 6.07) is 7.70. The van der Waals surface area contributed by atoms with E-state index in [-0.39, 0.29) is 17.9 Å². The summed E-state index contributed by atoms with van der Waals surface area (Å²) in [5.41, 5.74) is 0.651. The largest absolute Gasteiger partial charge is 0.494 e. The predicted molar refractivity (Wildman–Crippen MR) is 103 cm³/mol. The zero-order valence-electron chi connectivity index (χ0n) is 16.3. The molecule has 0 heterocycles. The number of rotatable bonds is 9. The van der Waals surface area contributed by atoms with Crippen molar-refractivity contribution in [1.29, 1.82) is 0 Å². The molecule has 2 rings (SSSR count). The van der Waals surface area contributed by atoms with Crippen LogP contribution in [0.2, 0.25) is 0 Å². The van der Waals surface area contributed by atoms with Gasteiger partial charge in [-0.25, -0.2) is 0 Å². The second kappa shape index (κ2) is 10.2. The van der Waals surface area contributed by atoms with E-state index in [1.54, 1.807) is 12.1 Å². The van der Waals surface area contributed by atoms with Gasteiger partial charge in [0.25, 0.3) is 5.91 Å². The molecule has 1 aromatic carbocycles. The van der Waals surface area contributed by atoms with E-state index in [0.29, 0.717) is 37.6 Å². The molecule has 0 radical (unpaired) electrons. The lowest BCUT2D eigenvalue weighted by molar-refractivity contribution is -0.121. The second-order valence-electron chi connectivity index (χ2n) is 7.20. The fraction of sp³-hybridized carbons (Fsp3) is 0.619. The molecule has 1 saturated carbocycles. The maximum atomic E-state index is 12.8. The highest BCUT2D eigenvalue weighted by Gasteiger charge is 2.20. The summed E-state index contributed by atoms with van der Waals surface area (Å²) in [5.74, 6) is 0.872. The van der Waals surface area contributed by atoms with E-state index in [9.17, 15) is 9.59 Å². The van der Waals surface area contributed by atoms with Crippen molar-refractivity contribution in [2.45, 2.75) is 71.4 Å². The Morgan fingerprint density at radius 1 is 1.19 bits per heavy atom. The Morgan fingerprint density at radius 3 is 2.42 bits per heavy atom. The van der Waals surface area contributed by atoms with Gasteiger partial charge in [-0.3, -0.25) is 9.59 Å². The Hall–Kier alpha value is -2.04. The van der Waals surface area contributed by atoms with Crippen LogP contribution in [0.15, 0.2) is 24.3 Å². The molecule has 0 unspecified atom stereocenters. The maximum Gasteiger partial charge on any atom is 0.254 e. The number of amides is 2. The lowest BCUT2D eigenvalue weighted by Gasteiger charge is -2.27. The number of carbonyl (C=O) groups is 2. The second-order valence-corrected chi connectivity index (χ2v) is 7.20. The molecule has 144 valence electrons. The van der Waals surface area contributed by atoms with Crippen LogP contribution in [0.25, 0.3) is 0 Å². The van der Waals surface area contributed by atoms with Crippen LogP contribution < -0.4 is 10.1 Å². The molecule has 0 aliphatic heterocycles. The van der Waals surface area contributed by atoms with Gasteiger partial charge in [0.2, 0.25) is 5.91 Å². The standard InChI is InChI=1S/C21H32N2O3/c1-4-26-19-13-11-17(12-14-19)21(25)23(16(2)3)15-7-10-20(24)22-18-8-5-6-9-18/h11-14,16,18H,4-10,15H2,1-3H3,(H,22,24). The molecule has 1 aromatic rings. The molecule has 1 aliphatic carbocycles. The highest BCUT2D eigenvalue weighted by Crippen LogP contribution is 2.18. The summed E-state index contributed by atoms with van der Waals surface area (Å²) >= 11 is 0. The first-order valence-electron chi connectivity index (χ1n) is 9.84. The van der Waals surface area contributed by atoms with Crippen LogP contribution in [-0.4, -0.2) is 41.9 Å². The van der Waals surface area contributed by atoms with Crippen molar-refractivity contribution in [1.82, 2.24) is 10.2 Å². The Bertz CT molecular complexity index is 577. The van der Waals surface area contributed by atoms with Gasteiger partial charge < -0.3 is 15.0 Å². The predicted octanol–water partition coefficient (Wildman–Crippen LogP) is 3.77. The highest BCUT2D eigenvalue weighted by molar-refractivity contribution is 5.94. The summed E-state index contributed by atoms with van der Waals surface area (Å²) in [7, 11) is 0. The molecule has 26 heavy (non-hydrogen) atoms. The number of carbonyl (C=O) groups excluding carboxylic acids is 2. The molecule has 0 aromatic heterocycles. The van der Waals surface area contributed by atoms with Crippen LogP contribution in [0.4, 0.5) is 0 Å². The third kappa shape index (κ3) is 6.04. The van der Waals surface area contributed by atoms with Crippen molar-refractivity contribution in [3.63, 3.8) is 0 Å². The van der Waals surface area contributed by atoms with Gasteiger partial charge in [-0.05, 0) is 64.3 Å². The molecular weight excluding hydrogens is 328 g/mol. The zero-order chi connectivity index (χ0) is 18.9. The van der Waals surface area contributed by atoms with Gasteiger partial charge in [0.15, 0.2) is 0 Å². The van der Waals surface area contributed by atoms with Crippen LogP contribution >= 0.6 is 0 Å². The summed E-state index contributed by atoms with van der Waals surface area (Å²) in [6.45, 7) is 7.13. The topological polar surface area (TPSA) is 58.6 Å². The monoisotopic (exact) mass is 360 g/mol. The normalized spacial score (nSPS) is 14.5. The Balaban J connectivity index is 1.84. The van der Waals surface area contributed by atoms with Crippen LogP contribution in [0.5, 0.6) is 5.75 Å². The third-order valence-electron chi connectivity index (χ3n) is 4.82. The molecule has 0 atom stereocenters. The average molecular weight is 360 g/mol. The average Bonchev–Trinajstić information content (AvgIpc) is 3.12. The van der Waals surface area contributed by atoms with Gasteiger partial charge >= 0.3 is 0 Å². The van der Waals surface area contributed by atoms with E-state index < -0.39 is 0 Å². The zero-order valence-corrected chi connectivity index (χ0v) is 16.3. The molecule has 5 heteroatoms. The number of benzene rings is 1. The Kier molecular flexibility index (Phi) is 7.95. The molecule has 0 bridgehead atoms. The first-order chi connectivity index (χ1) is 12.5. The van der Waals surface area contributed by atoms with E-state index in [0.717, 1.165) is 18.6 Å². The molecule has 5 nitrogen and oxygen atoms in total. The van der Waals surface area contributed by atoms with Crippen molar-refractivity contribution in [3.8, 4) is 5.75 Å². The molecule has 0 saturated heterocycles. The number of nitrogens with one attached hydrogen (secondary N) is 1. The highest BCUT2D eigenvalue weighted by atomic mass is 16.5. The molecule has 1 aliphatic rings. The quantitative estimate of drug-likeness (QED) is 0.729. The Labute approximate surface area is 157 Å². The van der Waals surface area contributed by atoms with Gasteiger partial charge in [0.05, 0.1) is 6.61 Å². The molecule has 1 N–H and O–H groups in total. The minimum atomic E-state index is -0.000695. The van der Waals surface area contributed by atoms with E-state index in [2.05, 4.69) is 5.32 Å². The lowest BCUT2D eigenvalue weighted by atomic mass is 10.1. The van der Waals surface area contributed by atoms with E-state index in [4.69, 9.17) is 4.74 Å². The number of ether oxygens (including phenoxy) is 1. The van der Waals surface area contributed by atoms with Crippen molar-refractivity contribution in [2.75, 3.05) is 13.2 Å². The molecule has 2 amide bonds. The number of hydrogen-bond acceptors (Lipinski definition) is 3. The van der Waals surface area contributed by atoms with Gasteiger partial charge in [0.1, 0.15) is 5.75 Å². The van der Waals surface area contributed by atoms with E-state index >= 15 is 0 Å². The van der Waals surface area contributed by atoms with Crippen molar-refractivity contribution in [2.24, 2.45) is 0 Å². The van der Waals surface area contributed by atoms with Crippen LogP contribution in [-0.2, 0) is 4.79 Å². The van der Waals surface area contributed by atoms with Crippen LogP contribution in [0.1, 0.15) is 69.7 Å². The fourth-order valence-electron chi connectivity index (χ4n) is 3.40. The minimum Gasteiger partial charge on any atom is -0.494 e. The molecular formula is C21H32N2O3. The third-order valence-corrected chi connectivity index (χ3v) is 4.82. The number of nitrogens with zero attached hydrogens (tertiary/aromatic N) is 1. The van der Waals surface area contributed by atoms with Gasteiger partial charge in [0, 0.05) is 30.6 Å². The lowest BCUT2D eigenvalue weighted by Crippen LogP contribution is -2.38. The summed E-state index contributed by atoms with van der Waals surface area (Å²) < 4.78 is 5.42. The Morgan fingerprint density at radius 2 is 1.85 bits per heavy atom. The first-order valence-corrected chi connectivity index (χ1v) is 9.84. The van der Waals surface area contributed by atoms with Crippen LogP contribution in [0, 0.1) is 0 Å². The maximum absolute atomic E-state index is 12.8. The first kappa shape index (κ1) is 20.3. The van der Waals surface area contributed by atoms with Crippen molar-refractivity contribution in [3.05, 3.63) is 29.8 Å². The number of hydrogen-bond donors (Lipinski definition) is 1. The minimum absolute atomic E-state index is 0.000695. The fourth-order valence-corrected chi connectivity index (χ4v) is 3.40. The van der Waals surface area contributed by atoms with Crippen LogP contribution in [0.3, 0.4) is 0 Å². The van der Waals surface area contributed by atoms with Gasteiger partial charge in [-0.2, -0.15) is 0 Å². The summed E-state index contributed by atoms with van der Waals surface area (Å²) in [5, 5.41) is 3.10. The van der Waals surface area contributed by atoms with Crippen molar-refractivity contribution >= 4 is 11.8 Å². The summed E-state index contributed by atoms with van der Waals surface area (Å²) in [6.07, 6.45) is 5.77. The van der Waals surface area contributed by atoms with Crippen molar-refractivity contribution < 1.29 is 14.3 Å². The smallest absolute Gasteiger partial charge is 0.254 e. The van der Waals surface area contributed by atoms with Gasteiger partial charge in [-0.1, -0.05) is 12.8 Å². The SMILES string of the molecule is CCOc1ccc(C(=O)N(CCCC(=O)NC2CCCC2)C(C)C)cc1. The van der Waals surface area contributed by atoms with E-state index in [1.165, 1.54) is 12.8 Å². The summed E-state index contributed by atoms with van der Waals surface area (Å²) in [4.78, 5) is 26.7. The molecule has 1 fully saturated rings.